The third-order valence-electron chi connectivity index (χ3n) is 8.35. The van der Waals surface area contributed by atoms with Gasteiger partial charge >= 0.3 is 0 Å². The molecule has 6 rings (SSSR count). The van der Waals surface area contributed by atoms with Crippen LogP contribution >= 0.6 is 0 Å². The van der Waals surface area contributed by atoms with E-state index in [4.69, 9.17) is 19.0 Å². The van der Waals surface area contributed by atoms with E-state index < -0.39 is 0 Å². The molecule has 0 bridgehead atoms. The third-order valence-corrected chi connectivity index (χ3v) is 8.35. The molecule has 232 valence electrons. The minimum Gasteiger partial charge on any atom is -0.497 e. The van der Waals surface area contributed by atoms with Gasteiger partial charge < -0.3 is 29.7 Å². The van der Waals surface area contributed by atoms with Crippen molar-refractivity contribution in [2.45, 2.75) is 24.9 Å². The van der Waals surface area contributed by atoms with E-state index in [9.17, 15) is 4.79 Å². The first-order chi connectivity index (χ1) is 21.6. The summed E-state index contributed by atoms with van der Waals surface area (Å²) in [6, 6.07) is 14.1. The molecule has 3 saturated heterocycles. The van der Waals surface area contributed by atoms with Gasteiger partial charge in [0.25, 0.3) is 0 Å². The molecular weight excluding hydrogens is 562 g/mol. The van der Waals surface area contributed by atoms with E-state index in [1.807, 2.05) is 41.5 Å². The Morgan fingerprint density at radius 3 is 2.68 bits per heavy atom. The molecule has 12 nitrogen and oxygen atoms in total. The Labute approximate surface area is 257 Å². The van der Waals surface area contributed by atoms with Crippen molar-refractivity contribution in [2.75, 3.05) is 80.8 Å². The van der Waals surface area contributed by atoms with Crippen LogP contribution in [0.15, 0.2) is 61.4 Å². The first kappa shape index (κ1) is 29.7. The van der Waals surface area contributed by atoms with Crippen molar-refractivity contribution >= 4 is 34.6 Å². The van der Waals surface area contributed by atoms with Crippen molar-refractivity contribution in [3.63, 3.8) is 0 Å². The number of morpholine rings is 1. The fraction of sp³-hybridized carbons (Fsp3) is 0.406. The standard InChI is InChI=1S/C32H39N7O5/c1-4-32(40)36-25-17-26(29(42-3)18-28(25)38-10-8-23(20-38)37-11-14-43-15-12-37)35-30-19-31(34-21-33-30)39-27(9-13-44-39)22-6-5-7-24(16-22)41-2/h4-7,16-19,21,23,27H,1,8-15,20H2,2-3H3,(H,36,40)(H,33,34,35)/t23-,27-/m1/s1. The summed E-state index contributed by atoms with van der Waals surface area (Å²) < 4.78 is 16.8. The molecule has 2 N–H and O–H groups in total. The summed E-state index contributed by atoms with van der Waals surface area (Å²) in [4.78, 5) is 32.3. The van der Waals surface area contributed by atoms with Crippen LogP contribution in [-0.4, -0.2) is 87.0 Å². The fourth-order valence-corrected chi connectivity index (χ4v) is 6.10. The molecule has 3 fully saturated rings. The van der Waals surface area contributed by atoms with Gasteiger partial charge in [-0.3, -0.25) is 14.5 Å². The molecule has 3 aromatic rings. The lowest BCUT2D eigenvalue weighted by atomic mass is 10.0. The zero-order chi connectivity index (χ0) is 30.5. The molecule has 0 saturated carbocycles. The van der Waals surface area contributed by atoms with E-state index in [1.165, 1.54) is 12.4 Å². The highest BCUT2D eigenvalue weighted by atomic mass is 16.7. The first-order valence-electron chi connectivity index (χ1n) is 14.9. The summed E-state index contributed by atoms with van der Waals surface area (Å²) in [5.41, 5.74) is 3.29. The summed E-state index contributed by atoms with van der Waals surface area (Å²) in [5.74, 6) is 2.30. The van der Waals surface area contributed by atoms with Crippen LogP contribution in [0.2, 0.25) is 0 Å². The van der Waals surface area contributed by atoms with Gasteiger partial charge in [0.05, 0.1) is 57.1 Å². The fourth-order valence-electron chi connectivity index (χ4n) is 6.10. The molecule has 2 aromatic carbocycles. The number of hydroxylamine groups is 1. The highest BCUT2D eigenvalue weighted by molar-refractivity contribution is 6.02. The molecule has 3 aliphatic rings. The van der Waals surface area contributed by atoms with Crippen molar-refractivity contribution in [3.05, 3.63) is 67.0 Å². The van der Waals surface area contributed by atoms with Crippen molar-refractivity contribution in [1.29, 1.82) is 0 Å². The van der Waals surface area contributed by atoms with E-state index >= 15 is 0 Å². The Bertz CT molecular complexity index is 1480. The zero-order valence-electron chi connectivity index (χ0n) is 25.2. The number of hydrogen-bond donors (Lipinski definition) is 2. The van der Waals surface area contributed by atoms with Gasteiger partial charge in [-0.05, 0) is 36.3 Å². The maximum Gasteiger partial charge on any atom is 0.247 e. The van der Waals surface area contributed by atoms with Crippen molar-refractivity contribution in [2.24, 2.45) is 0 Å². The predicted molar refractivity (Wildman–Crippen MR) is 169 cm³/mol. The van der Waals surface area contributed by atoms with E-state index in [1.54, 1.807) is 14.2 Å². The van der Waals surface area contributed by atoms with E-state index in [-0.39, 0.29) is 11.9 Å². The molecule has 44 heavy (non-hydrogen) atoms. The molecule has 1 aromatic heterocycles. The Hall–Kier alpha value is -4.39. The number of aromatic nitrogens is 2. The number of ether oxygens (including phenoxy) is 3. The number of methoxy groups -OCH3 is 2. The Balaban J connectivity index is 1.26. The van der Waals surface area contributed by atoms with Crippen LogP contribution in [0.3, 0.4) is 0 Å². The number of benzene rings is 2. The number of carbonyl (C=O) groups is 1. The molecule has 4 heterocycles. The lowest BCUT2D eigenvalue weighted by molar-refractivity contribution is -0.111. The molecule has 2 atom stereocenters. The first-order valence-corrected chi connectivity index (χ1v) is 14.9. The normalized spacial score (nSPS) is 20.4. The van der Waals surface area contributed by atoms with Gasteiger partial charge in [0.2, 0.25) is 5.91 Å². The van der Waals surface area contributed by atoms with Crippen LogP contribution in [0.25, 0.3) is 0 Å². The van der Waals surface area contributed by atoms with Crippen LogP contribution in [0, 0.1) is 0 Å². The number of anilines is 5. The highest BCUT2D eigenvalue weighted by Gasteiger charge is 2.32. The zero-order valence-corrected chi connectivity index (χ0v) is 25.2. The smallest absolute Gasteiger partial charge is 0.247 e. The maximum atomic E-state index is 12.5. The average Bonchev–Trinajstić information content (AvgIpc) is 3.76. The lowest BCUT2D eigenvalue weighted by Crippen LogP contribution is -2.44. The predicted octanol–water partition coefficient (Wildman–Crippen LogP) is 4.16. The highest BCUT2D eigenvalue weighted by Crippen LogP contribution is 2.41. The quantitative estimate of drug-likeness (QED) is 0.327. The second kappa shape index (κ2) is 13.5. The minimum absolute atomic E-state index is 0.0239. The molecule has 0 spiro atoms. The van der Waals surface area contributed by atoms with Crippen LogP contribution in [0.4, 0.5) is 28.7 Å². The number of amides is 1. The van der Waals surface area contributed by atoms with Gasteiger partial charge in [0.15, 0.2) is 5.82 Å². The largest absolute Gasteiger partial charge is 0.497 e. The van der Waals surface area contributed by atoms with Crippen molar-refractivity contribution in [3.8, 4) is 11.5 Å². The maximum absolute atomic E-state index is 12.5. The van der Waals surface area contributed by atoms with Crippen molar-refractivity contribution in [1.82, 2.24) is 14.9 Å². The molecule has 0 unspecified atom stereocenters. The average molecular weight is 602 g/mol. The number of carbonyl (C=O) groups excluding carboxylic acids is 1. The molecule has 12 heteroatoms. The Morgan fingerprint density at radius 1 is 1.02 bits per heavy atom. The molecule has 1 amide bonds. The SMILES string of the molecule is C=CC(=O)Nc1cc(Nc2cc(N3OCC[C@@H]3c3cccc(OC)c3)ncn2)c(OC)cc1N1CC[C@@H](N2CCOCC2)C1. The summed E-state index contributed by atoms with van der Waals surface area (Å²) in [6.07, 6.45) is 4.62. The summed E-state index contributed by atoms with van der Waals surface area (Å²) in [6.45, 7) is 9.34. The van der Waals surface area contributed by atoms with Gasteiger partial charge in [-0.1, -0.05) is 18.7 Å². The molecule has 0 aliphatic carbocycles. The molecular formula is C32H39N7O5. The third kappa shape index (κ3) is 6.42. The van der Waals surface area contributed by atoms with Crippen molar-refractivity contribution < 1.29 is 23.8 Å². The minimum atomic E-state index is -0.287. The van der Waals surface area contributed by atoms with E-state index in [2.05, 4.69) is 43.0 Å². The van der Waals surface area contributed by atoms with E-state index in [0.29, 0.717) is 41.4 Å². The summed E-state index contributed by atoms with van der Waals surface area (Å²) >= 11 is 0. The number of nitrogens with one attached hydrogen (secondary N) is 2. The number of nitrogens with zero attached hydrogens (tertiary/aromatic N) is 5. The van der Waals surface area contributed by atoms with Gasteiger partial charge in [-0.2, -0.15) is 0 Å². The second-order valence-electron chi connectivity index (χ2n) is 10.9. The van der Waals surface area contributed by atoms with Crippen LogP contribution in [0.5, 0.6) is 11.5 Å². The van der Waals surface area contributed by atoms with Crippen LogP contribution < -0.4 is 30.1 Å². The second-order valence-corrected chi connectivity index (χ2v) is 10.9. The topological polar surface area (TPSA) is 114 Å². The van der Waals surface area contributed by atoms with Crippen LogP contribution in [-0.2, 0) is 14.4 Å². The van der Waals surface area contributed by atoms with Gasteiger partial charge in [-0.15, -0.1) is 0 Å². The number of hydrogen-bond acceptors (Lipinski definition) is 11. The van der Waals surface area contributed by atoms with Gasteiger partial charge in [0, 0.05) is 50.8 Å². The monoisotopic (exact) mass is 601 g/mol. The molecule has 3 aliphatic heterocycles. The number of rotatable bonds is 10. The Morgan fingerprint density at radius 2 is 1.89 bits per heavy atom. The van der Waals surface area contributed by atoms with Crippen LogP contribution in [0.1, 0.15) is 24.4 Å². The summed E-state index contributed by atoms with van der Waals surface area (Å²) in [5, 5.41) is 8.19. The van der Waals surface area contributed by atoms with Gasteiger partial charge in [0.1, 0.15) is 23.6 Å². The van der Waals surface area contributed by atoms with Gasteiger partial charge in [-0.25, -0.2) is 15.0 Å². The Kier molecular flexibility index (Phi) is 9.10. The van der Waals surface area contributed by atoms with E-state index in [0.717, 1.165) is 69.2 Å². The summed E-state index contributed by atoms with van der Waals surface area (Å²) in [7, 11) is 3.29. The lowest BCUT2D eigenvalue weighted by Gasteiger charge is -2.32. The molecule has 0 radical (unpaired) electrons.